The van der Waals surface area contributed by atoms with Crippen molar-refractivity contribution in [2.24, 2.45) is 5.41 Å². The first-order chi connectivity index (χ1) is 6.91. The Hall–Kier alpha value is -0.510. The lowest BCUT2D eigenvalue weighted by molar-refractivity contribution is -0.139. The number of amides is 1. The average Bonchev–Trinajstić information content (AvgIpc) is 2.66. The molecular formula is C11H17NO2S. The van der Waals surface area contributed by atoms with E-state index in [1.165, 1.54) is 0 Å². The fraction of sp³-hybridized carbons (Fsp3) is 0.818. The molecule has 2 fully saturated rings. The van der Waals surface area contributed by atoms with Crippen LogP contribution in [0.4, 0.5) is 0 Å². The van der Waals surface area contributed by atoms with Crippen LogP contribution in [-0.2, 0) is 9.59 Å². The van der Waals surface area contributed by atoms with E-state index in [0.717, 1.165) is 12.2 Å². The van der Waals surface area contributed by atoms with Gasteiger partial charge in [-0.25, -0.2) is 0 Å². The first-order valence-corrected chi connectivity index (χ1v) is 6.43. The molecule has 0 saturated carbocycles. The van der Waals surface area contributed by atoms with Crippen molar-refractivity contribution in [1.82, 2.24) is 4.90 Å². The summed E-state index contributed by atoms with van der Waals surface area (Å²) in [7, 11) is 0. The van der Waals surface area contributed by atoms with Gasteiger partial charge in [0.25, 0.3) is 0 Å². The summed E-state index contributed by atoms with van der Waals surface area (Å²) in [5, 5.41) is 0.272. The van der Waals surface area contributed by atoms with Crippen molar-refractivity contribution in [3.63, 3.8) is 0 Å². The van der Waals surface area contributed by atoms with E-state index in [4.69, 9.17) is 0 Å². The van der Waals surface area contributed by atoms with Crippen molar-refractivity contribution in [3.05, 3.63) is 0 Å². The van der Waals surface area contributed by atoms with Gasteiger partial charge >= 0.3 is 0 Å². The molecule has 3 nitrogen and oxygen atoms in total. The minimum Gasteiger partial charge on any atom is -0.320 e. The van der Waals surface area contributed by atoms with Crippen LogP contribution in [0.1, 0.15) is 33.6 Å². The van der Waals surface area contributed by atoms with Gasteiger partial charge in [0.1, 0.15) is 6.04 Å². The number of hydrogen-bond donors (Lipinski definition) is 0. The summed E-state index contributed by atoms with van der Waals surface area (Å²) in [6.07, 6.45) is 1.53. The molecule has 1 amide bonds. The average molecular weight is 227 g/mol. The lowest BCUT2D eigenvalue weighted by Gasteiger charge is -2.27. The van der Waals surface area contributed by atoms with Gasteiger partial charge in [0.15, 0.2) is 5.78 Å². The highest BCUT2D eigenvalue weighted by Crippen LogP contribution is 2.39. The molecule has 0 aromatic rings. The van der Waals surface area contributed by atoms with Gasteiger partial charge in [-0.3, -0.25) is 9.59 Å². The van der Waals surface area contributed by atoms with Gasteiger partial charge in [0.05, 0.1) is 5.37 Å². The Bertz CT molecular complexity index is 308. The van der Waals surface area contributed by atoms with Gasteiger partial charge in [-0.2, -0.15) is 0 Å². The normalized spacial score (nSPS) is 30.9. The van der Waals surface area contributed by atoms with Gasteiger partial charge in [0.2, 0.25) is 5.91 Å². The van der Waals surface area contributed by atoms with E-state index in [-0.39, 0.29) is 28.5 Å². The molecule has 2 aliphatic rings. The molecule has 1 unspecified atom stereocenters. The smallest absolute Gasteiger partial charge is 0.224 e. The van der Waals surface area contributed by atoms with Crippen LogP contribution in [0, 0.1) is 5.41 Å². The summed E-state index contributed by atoms with van der Waals surface area (Å²) in [5.41, 5.74) is -0.344. The molecule has 2 heterocycles. The third-order valence-corrected chi connectivity index (χ3v) is 4.38. The van der Waals surface area contributed by atoms with Crippen LogP contribution in [-0.4, -0.2) is 33.8 Å². The minimum atomic E-state index is -0.344. The highest BCUT2D eigenvalue weighted by atomic mass is 32.2. The number of Topliss-reactive ketones (excluding diaryl/α,β-unsaturated/α-hetero) is 1. The molecule has 0 bridgehead atoms. The van der Waals surface area contributed by atoms with Crippen molar-refractivity contribution < 1.29 is 9.59 Å². The maximum absolute atomic E-state index is 12.1. The maximum Gasteiger partial charge on any atom is 0.224 e. The molecule has 2 atom stereocenters. The summed E-state index contributed by atoms with van der Waals surface area (Å²) >= 11 is 1.75. The molecule has 2 aliphatic heterocycles. The maximum atomic E-state index is 12.1. The lowest BCUT2D eigenvalue weighted by Crippen LogP contribution is -2.45. The van der Waals surface area contributed by atoms with E-state index < -0.39 is 0 Å². The van der Waals surface area contributed by atoms with Crippen LogP contribution >= 0.6 is 11.8 Å². The number of nitrogens with zero attached hydrogens (tertiary/aromatic N) is 1. The topological polar surface area (TPSA) is 37.4 Å². The van der Waals surface area contributed by atoms with E-state index >= 15 is 0 Å². The van der Waals surface area contributed by atoms with Crippen molar-refractivity contribution in [2.45, 2.75) is 45.0 Å². The standard InChI is InChI=1S/C11H17NO2S/c1-11(2,3)10(14)7-6-15-9-5-4-8(13)12(7)9/h7,9H,4-6H2,1-3H3/t7?,9-/m0/s1. The molecule has 2 rings (SSSR count). The predicted molar refractivity (Wildman–Crippen MR) is 60.6 cm³/mol. The molecule has 84 valence electrons. The number of carbonyl (C=O) groups is 2. The third-order valence-electron chi connectivity index (χ3n) is 3.03. The summed E-state index contributed by atoms with van der Waals surface area (Å²) < 4.78 is 0. The van der Waals surface area contributed by atoms with E-state index in [0.29, 0.717) is 6.42 Å². The Balaban J connectivity index is 2.18. The summed E-state index contributed by atoms with van der Waals surface area (Å²) in [6, 6.07) is -0.171. The molecule has 0 aromatic carbocycles. The third kappa shape index (κ3) is 1.80. The summed E-state index contributed by atoms with van der Waals surface area (Å²) in [5.74, 6) is 1.15. The first-order valence-electron chi connectivity index (χ1n) is 5.38. The van der Waals surface area contributed by atoms with Gasteiger partial charge in [-0.15, -0.1) is 11.8 Å². The molecule has 2 saturated heterocycles. The second-order valence-corrected chi connectivity index (χ2v) is 6.47. The molecule has 0 aliphatic carbocycles. The number of thioether (sulfide) groups is 1. The van der Waals surface area contributed by atoms with Gasteiger partial charge in [-0.1, -0.05) is 20.8 Å². The predicted octanol–water partition coefficient (Wildman–Crippen LogP) is 1.67. The van der Waals surface area contributed by atoms with E-state index in [9.17, 15) is 9.59 Å². The van der Waals surface area contributed by atoms with Crippen molar-refractivity contribution >= 4 is 23.5 Å². The van der Waals surface area contributed by atoms with Crippen LogP contribution < -0.4 is 0 Å². The Labute approximate surface area is 94.6 Å². The van der Waals surface area contributed by atoms with Crippen LogP contribution in [0.15, 0.2) is 0 Å². The number of rotatable bonds is 1. The Morgan fingerprint density at radius 1 is 1.47 bits per heavy atom. The minimum absolute atomic E-state index is 0.160. The number of hydrogen-bond acceptors (Lipinski definition) is 3. The molecule has 15 heavy (non-hydrogen) atoms. The molecule has 0 radical (unpaired) electrons. The second kappa shape index (κ2) is 3.51. The van der Waals surface area contributed by atoms with E-state index in [1.807, 2.05) is 25.7 Å². The van der Waals surface area contributed by atoms with Gasteiger partial charge in [0, 0.05) is 17.6 Å². The van der Waals surface area contributed by atoms with Crippen molar-refractivity contribution in [1.29, 1.82) is 0 Å². The fourth-order valence-corrected chi connectivity index (χ4v) is 3.62. The van der Waals surface area contributed by atoms with Crippen molar-refractivity contribution in [3.8, 4) is 0 Å². The molecule has 0 aromatic heterocycles. The fourth-order valence-electron chi connectivity index (χ4n) is 2.20. The highest BCUT2D eigenvalue weighted by molar-refractivity contribution is 8.00. The molecular weight excluding hydrogens is 210 g/mol. The quantitative estimate of drug-likeness (QED) is 0.684. The lowest BCUT2D eigenvalue weighted by atomic mass is 9.86. The molecule has 0 spiro atoms. The summed E-state index contributed by atoms with van der Waals surface area (Å²) in [6.45, 7) is 5.77. The number of carbonyl (C=O) groups excluding carboxylic acids is 2. The monoisotopic (exact) mass is 227 g/mol. The SMILES string of the molecule is CC(C)(C)C(=O)C1CS[C@H]2CCC(=O)N12. The zero-order valence-corrected chi connectivity index (χ0v) is 10.3. The van der Waals surface area contributed by atoms with E-state index in [1.54, 1.807) is 11.8 Å². The Kier molecular flexibility index (Phi) is 2.57. The molecule has 4 heteroatoms. The van der Waals surface area contributed by atoms with E-state index in [2.05, 4.69) is 0 Å². The molecule has 0 N–H and O–H groups in total. The van der Waals surface area contributed by atoms with Gasteiger partial charge < -0.3 is 4.90 Å². The first kappa shape index (κ1) is 11.0. The Morgan fingerprint density at radius 2 is 2.13 bits per heavy atom. The van der Waals surface area contributed by atoms with Crippen LogP contribution in [0.25, 0.3) is 0 Å². The van der Waals surface area contributed by atoms with Crippen LogP contribution in [0.3, 0.4) is 0 Å². The second-order valence-electron chi connectivity index (χ2n) is 5.26. The Morgan fingerprint density at radius 3 is 2.73 bits per heavy atom. The van der Waals surface area contributed by atoms with Crippen molar-refractivity contribution in [2.75, 3.05) is 5.75 Å². The highest BCUT2D eigenvalue weighted by Gasteiger charge is 2.47. The van der Waals surface area contributed by atoms with Crippen LogP contribution in [0.2, 0.25) is 0 Å². The summed E-state index contributed by atoms with van der Waals surface area (Å²) in [4.78, 5) is 25.6. The number of fused-ring (bicyclic) bond motifs is 1. The number of ketones is 1. The van der Waals surface area contributed by atoms with Crippen LogP contribution in [0.5, 0.6) is 0 Å². The van der Waals surface area contributed by atoms with Gasteiger partial charge in [-0.05, 0) is 6.42 Å². The zero-order valence-electron chi connectivity index (χ0n) is 9.45. The zero-order chi connectivity index (χ0) is 11.2. The largest absolute Gasteiger partial charge is 0.320 e.